The minimum Gasteiger partial charge on any atom is -0.324 e. The standard InChI is InChI=1S/C20H23N3O/c24-19-20(10-12-21-13-11-20)23(14-16-6-2-1-3-7-16)15-17-8-4-5-9-18(17)22-19/h1-9,21H,10-15H2,(H,22,24). The highest BCUT2D eigenvalue weighted by Gasteiger charge is 2.46. The van der Waals surface area contributed by atoms with E-state index in [0.717, 1.165) is 44.7 Å². The summed E-state index contributed by atoms with van der Waals surface area (Å²) in [5, 5.41) is 6.59. The maximum absolute atomic E-state index is 13.2. The molecule has 4 heteroatoms. The van der Waals surface area contributed by atoms with Crippen LogP contribution in [0, 0.1) is 0 Å². The van der Waals surface area contributed by atoms with Gasteiger partial charge < -0.3 is 10.6 Å². The van der Waals surface area contributed by atoms with Crippen LogP contribution in [0.5, 0.6) is 0 Å². The van der Waals surface area contributed by atoms with Crippen molar-refractivity contribution in [3.8, 4) is 0 Å². The van der Waals surface area contributed by atoms with Gasteiger partial charge in [-0.1, -0.05) is 48.5 Å². The van der Waals surface area contributed by atoms with Crippen LogP contribution in [-0.4, -0.2) is 29.4 Å². The second-order valence-corrected chi connectivity index (χ2v) is 6.73. The van der Waals surface area contributed by atoms with Gasteiger partial charge in [0.1, 0.15) is 5.54 Å². The van der Waals surface area contributed by atoms with Gasteiger partial charge in [0.05, 0.1) is 0 Å². The van der Waals surface area contributed by atoms with E-state index in [1.54, 1.807) is 0 Å². The molecule has 0 aromatic heterocycles. The second-order valence-electron chi connectivity index (χ2n) is 6.73. The Labute approximate surface area is 142 Å². The van der Waals surface area contributed by atoms with Gasteiger partial charge in [-0.05, 0) is 43.1 Å². The Balaban J connectivity index is 1.74. The third kappa shape index (κ3) is 2.72. The van der Waals surface area contributed by atoms with Crippen molar-refractivity contribution in [3.05, 3.63) is 65.7 Å². The van der Waals surface area contributed by atoms with Crippen LogP contribution >= 0.6 is 0 Å². The molecule has 1 amide bonds. The fourth-order valence-corrected chi connectivity index (χ4v) is 3.91. The van der Waals surface area contributed by atoms with E-state index in [9.17, 15) is 4.79 Å². The summed E-state index contributed by atoms with van der Waals surface area (Å²) < 4.78 is 0. The van der Waals surface area contributed by atoms with Crippen LogP contribution in [0.3, 0.4) is 0 Å². The molecule has 0 radical (unpaired) electrons. The number of hydrogen-bond acceptors (Lipinski definition) is 3. The average Bonchev–Trinajstić information content (AvgIpc) is 2.73. The van der Waals surface area contributed by atoms with Crippen LogP contribution in [0.15, 0.2) is 54.6 Å². The molecule has 2 aliphatic rings. The van der Waals surface area contributed by atoms with Crippen LogP contribution in [0.4, 0.5) is 5.69 Å². The normalized spacial score (nSPS) is 20.2. The highest BCUT2D eigenvalue weighted by atomic mass is 16.2. The van der Waals surface area contributed by atoms with Gasteiger partial charge in [0.25, 0.3) is 0 Å². The minimum atomic E-state index is -0.430. The van der Waals surface area contributed by atoms with Gasteiger partial charge in [-0.3, -0.25) is 9.69 Å². The SMILES string of the molecule is O=C1Nc2ccccc2CN(Cc2ccccc2)C12CCNCC2. The van der Waals surface area contributed by atoms with Crippen molar-refractivity contribution in [2.75, 3.05) is 18.4 Å². The molecule has 0 unspecified atom stereocenters. The molecular formula is C20H23N3O. The molecule has 4 nitrogen and oxygen atoms in total. The predicted octanol–water partition coefficient (Wildman–Crippen LogP) is 2.76. The fraction of sp³-hybridized carbons (Fsp3) is 0.350. The number of piperidine rings is 1. The molecule has 2 aromatic rings. The van der Waals surface area contributed by atoms with Crippen LogP contribution in [-0.2, 0) is 17.9 Å². The molecule has 4 rings (SSSR count). The van der Waals surface area contributed by atoms with E-state index in [0.29, 0.717) is 0 Å². The summed E-state index contributed by atoms with van der Waals surface area (Å²) in [7, 11) is 0. The molecule has 0 aliphatic carbocycles. The van der Waals surface area contributed by atoms with Gasteiger partial charge in [0, 0.05) is 18.8 Å². The zero-order valence-electron chi connectivity index (χ0n) is 13.8. The first-order valence-electron chi connectivity index (χ1n) is 8.67. The average molecular weight is 321 g/mol. The van der Waals surface area contributed by atoms with E-state index in [1.807, 2.05) is 24.3 Å². The van der Waals surface area contributed by atoms with Gasteiger partial charge in [-0.25, -0.2) is 0 Å². The van der Waals surface area contributed by atoms with Crippen LogP contribution < -0.4 is 10.6 Å². The second kappa shape index (κ2) is 6.38. The van der Waals surface area contributed by atoms with E-state index in [1.165, 1.54) is 11.1 Å². The number of amides is 1. The molecule has 0 bridgehead atoms. The van der Waals surface area contributed by atoms with Gasteiger partial charge in [-0.15, -0.1) is 0 Å². The molecule has 24 heavy (non-hydrogen) atoms. The lowest BCUT2D eigenvalue weighted by atomic mass is 9.85. The van der Waals surface area contributed by atoms with Crippen LogP contribution in [0.2, 0.25) is 0 Å². The number of para-hydroxylation sites is 1. The number of rotatable bonds is 2. The van der Waals surface area contributed by atoms with Gasteiger partial charge in [0.15, 0.2) is 0 Å². The Morgan fingerprint density at radius 3 is 2.46 bits per heavy atom. The molecule has 1 fully saturated rings. The highest BCUT2D eigenvalue weighted by molar-refractivity contribution is 5.99. The van der Waals surface area contributed by atoms with E-state index in [-0.39, 0.29) is 5.91 Å². The van der Waals surface area contributed by atoms with Crippen molar-refractivity contribution in [2.45, 2.75) is 31.5 Å². The van der Waals surface area contributed by atoms with Gasteiger partial charge in [0.2, 0.25) is 5.91 Å². The van der Waals surface area contributed by atoms with E-state index < -0.39 is 5.54 Å². The number of carbonyl (C=O) groups excluding carboxylic acids is 1. The summed E-state index contributed by atoms with van der Waals surface area (Å²) in [6.45, 7) is 3.36. The molecule has 1 spiro atoms. The third-order valence-corrected chi connectivity index (χ3v) is 5.30. The highest BCUT2D eigenvalue weighted by Crippen LogP contribution is 2.35. The van der Waals surface area contributed by atoms with Crippen molar-refractivity contribution in [3.63, 3.8) is 0 Å². The zero-order valence-corrected chi connectivity index (χ0v) is 13.8. The first kappa shape index (κ1) is 15.4. The summed E-state index contributed by atoms with van der Waals surface area (Å²) in [5.41, 5.74) is 2.97. The summed E-state index contributed by atoms with van der Waals surface area (Å²) in [5.74, 6) is 0.143. The third-order valence-electron chi connectivity index (χ3n) is 5.30. The lowest BCUT2D eigenvalue weighted by molar-refractivity contribution is -0.130. The predicted molar refractivity (Wildman–Crippen MR) is 95.6 cm³/mol. The lowest BCUT2D eigenvalue weighted by Crippen LogP contribution is -2.59. The molecule has 2 N–H and O–H groups in total. The number of anilines is 1. The first-order valence-corrected chi connectivity index (χ1v) is 8.67. The molecule has 2 heterocycles. The molecule has 2 aromatic carbocycles. The van der Waals surface area contributed by atoms with Crippen LogP contribution in [0.25, 0.3) is 0 Å². The molecule has 0 saturated carbocycles. The Morgan fingerprint density at radius 2 is 1.67 bits per heavy atom. The quantitative estimate of drug-likeness (QED) is 0.894. The van der Waals surface area contributed by atoms with E-state index >= 15 is 0 Å². The number of benzene rings is 2. The van der Waals surface area contributed by atoms with Crippen molar-refractivity contribution in [2.24, 2.45) is 0 Å². The maximum Gasteiger partial charge on any atom is 0.245 e. The Hall–Kier alpha value is -2.17. The summed E-state index contributed by atoms with van der Waals surface area (Å²) in [6, 6.07) is 18.6. The topological polar surface area (TPSA) is 44.4 Å². The summed E-state index contributed by atoms with van der Waals surface area (Å²) >= 11 is 0. The van der Waals surface area contributed by atoms with Gasteiger partial charge in [-0.2, -0.15) is 0 Å². The monoisotopic (exact) mass is 321 g/mol. The van der Waals surface area contributed by atoms with E-state index in [2.05, 4.69) is 45.9 Å². The lowest BCUT2D eigenvalue weighted by Gasteiger charge is -2.44. The van der Waals surface area contributed by atoms with Crippen molar-refractivity contribution in [1.82, 2.24) is 10.2 Å². The van der Waals surface area contributed by atoms with Crippen molar-refractivity contribution in [1.29, 1.82) is 0 Å². The zero-order chi connectivity index (χ0) is 16.4. The molecule has 124 valence electrons. The number of hydrogen-bond donors (Lipinski definition) is 2. The largest absolute Gasteiger partial charge is 0.324 e. The Bertz CT molecular complexity index is 723. The smallest absolute Gasteiger partial charge is 0.245 e. The summed E-state index contributed by atoms with van der Waals surface area (Å²) in [6.07, 6.45) is 1.69. The van der Waals surface area contributed by atoms with Crippen LogP contribution in [0.1, 0.15) is 24.0 Å². The maximum atomic E-state index is 13.2. The number of fused-ring (bicyclic) bond motifs is 1. The minimum absolute atomic E-state index is 0.143. The number of nitrogens with one attached hydrogen (secondary N) is 2. The fourth-order valence-electron chi connectivity index (χ4n) is 3.91. The van der Waals surface area contributed by atoms with Gasteiger partial charge >= 0.3 is 0 Å². The Kier molecular flexibility index (Phi) is 4.08. The molecular weight excluding hydrogens is 298 g/mol. The Morgan fingerprint density at radius 1 is 0.958 bits per heavy atom. The number of carbonyl (C=O) groups is 1. The molecule has 1 saturated heterocycles. The van der Waals surface area contributed by atoms with Crippen molar-refractivity contribution >= 4 is 11.6 Å². The number of nitrogens with zero attached hydrogens (tertiary/aromatic N) is 1. The molecule has 0 atom stereocenters. The van der Waals surface area contributed by atoms with E-state index in [4.69, 9.17) is 0 Å². The molecule has 2 aliphatic heterocycles. The van der Waals surface area contributed by atoms with Crippen molar-refractivity contribution < 1.29 is 4.79 Å². The first-order chi connectivity index (χ1) is 11.8. The summed E-state index contributed by atoms with van der Waals surface area (Å²) in [4.78, 5) is 15.6.